The van der Waals surface area contributed by atoms with Gasteiger partial charge in [0.2, 0.25) is 5.89 Å². The molecule has 0 radical (unpaired) electrons. The van der Waals surface area contributed by atoms with Gasteiger partial charge >= 0.3 is 0 Å². The van der Waals surface area contributed by atoms with Crippen molar-refractivity contribution >= 4 is 5.91 Å². The number of nitrogens with zero attached hydrogens (tertiary/aromatic N) is 1. The molecule has 0 atom stereocenters. The summed E-state index contributed by atoms with van der Waals surface area (Å²) in [5.41, 5.74) is 1.71. The molecule has 3 aromatic carbocycles. The molecule has 1 amide bonds. The van der Waals surface area contributed by atoms with Crippen molar-refractivity contribution in [2.45, 2.75) is 12.5 Å². The molecule has 0 unspecified atom stereocenters. The zero-order valence-corrected chi connectivity index (χ0v) is 15.9. The third-order valence-electron chi connectivity index (χ3n) is 4.94. The number of oxazole rings is 1. The van der Waals surface area contributed by atoms with Crippen LogP contribution < -0.4 is 5.32 Å². The number of hydrogen-bond donors (Lipinski definition) is 2. The van der Waals surface area contributed by atoms with Crippen LogP contribution in [0.15, 0.2) is 95.6 Å². The van der Waals surface area contributed by atoms with Crippen LogP contribution >= 0.6 is 0 Å². The number of para-hydroxylation sites is 1. The Morgan fingerprint density at radius 3 is 2.03 bits per heavy atom. The number of aromatic hydroxyl groups is 1. The smallest absolute Gasteiger partial charge is 0.274 e. The van der Waals surface area contributed by atoms with Crippen molar-refractivity contribution in [3.8, 4) is 17.2 Å². The van der Waals surface area contributed by atoms with E-state index in [1.807, 2.05) is 67.6 Å². The van der Waals surface area contributed by atoms with E-state index in [1.165, 1.54) is 6.26 Å². The quantitative estimate of drug-likeness (QED) is 0.521. The summed E-state index contributed by atoms with van der Waals surface area (Å²) in [7, 11) is 0. The number of aromatic nitrogens is 1. The standard InChI is InChI=1S/C24H20N2O3/c1-24(17-10-4-2-5-11-17,18-12-6-3-7-13-18)26-22(28)20-16-29-23(25-20)19-14-8-9-15-21(19)27/h2-16,27H,1H3,(H,26,28). The lowest BCUT2D eigenvalue weighted by Crippen LogP contribution is -2.44. The van der Waals surface area contributed by atoms with E-state index in [0.29, 0.717) is 5.56 Å². The number of rotatable bonds is 5. The normalized spacial score (nSPS) is 11.2. The summed E-state index contributed by atoms with van der Waals surface area (Å²) in [5.74, 6) is -0.139. The number of carbonyl (C=O) groups excluding carboxylic acids is 1. The van der Waals surface area contributed by atoms with Gasteiger partial charge in [0, 0.05) is 0 Å². The van der Waals surface area contributed by atoms with E-state index in [9.17, 15) is 9.90 Å². The third kappa shape index (κ3) is 3.62. The van der Waals surface area contributed by atoms with Gasteiger partial charge in [-0.05, 0) is 30.2 Å². The molecule has 0 aliphatic heterocycles. The number of benzene rings is 3. The molecule has 29 heavy (non-hydrogen) atoms. The molecule has 0 aliphatic rings. The fraction of sp³-hybridized carbons (Fsp3) is 0.0833. The summed E-state index contributed by atoms with van der Waals surface area (Å²) in [6, 6.07) is 26.2. The number of phenols is 1. The highest BCUT2D eigenvalue weighted by Crippen LogP contribution is 2.31. The number of hydrogen-bond acceptors (Lipinski definition) is 4. The molecule has 0 saturated heterocycles. The Morgan fingerprint density at radius 2 is 1.45 bits per heavy atom. The molecule has 5 nitrogen and oxygen atoms in total. The molecule has 1 heterocycles. The Hall–Kier alpha value is -3.86. The first-order valence-electron chi connectivity index (χ1n) is 9.25. The molecule has 4 aromatic rings. The zero-order valence-electron chi connectivity index (χ0n) is 15.9. The minimum atomic E-state index is -0.756. The molecule has 4 rings (SSSR count). The lowest BCUT2D eigenvalue weighted by molar-refractivity contribution is 0.0914. The highest BCUT2D eigenvalue weighted by Gasteiger charge is 2.32. The van der Waals surface area contributed by atoms with Crippen molar-refractivity contribution in [1.82, 2.24) is 10.3 Å². The summed E-state index contributed by atoms with van der Waals surface area (Å²) in [6.45, 7) is 1.96. The van der Waals surface area contributed by atoms with Crippen LogP contribution in [0.3, 0.4) is 0 Å². The van der Waals surface area contributed by atoms with E-state index in [4.69, 9.17) is 4.42 Å². The van der Waals surface area contributed by atoms with E-state index >= 15 is 0 Å². The Labute approximate surface area is 168 Å². The predicted molar refractivity (Wildman–Crippen MR) is 110 cm³/mol. The van der Waals surface area contributed by atoms with Crippen LogP contribution in [0.25, 0.3) is 11.5 Å². The topological polar surface area (TPSA) is 75.4 Å². The van der Waals surface area contributed by atoms with Crippen LogP contribution in [0.1, 0.15) is 28.5 Å². The van der Waals surface area contributed by atoms with Gasteiger partial charge < -0.3 is 14.8 Å². The van der Waals surface area contributed by atoms with Crippen molar-refractivity contribution in [2.24, 2.45) is 0 Å². The van der Waals surface area contributed by atoms with Crippen molar-refractivity contribution in [1.29, 1.82) is 0 Å². The lowest BCUT2D eigenvalue weighted by Gasteiger charge is -2.32. The van der Waals surface area contributed by atoms with Gasteiger partial charge in [-0.1, -0.05) is 72.8 Å². The van der Waals surface area contributed by atoms with Gasteiger partial charge in [0.25, 0.3) is 5.91 Å². The van der Waals surface area contributed by atoms with Crippen LogP contribution in [-0.4, -0.2) is 16.0 Å². The van der Waals surface area contributed by atoms with E-state index < -0.39 is 5.54 Å². The average Bonchev–Trinajstić information content (AvgIpc) is 3.25. The van der Waals surface area contributed by atoms with Gasteiger partial charge in [-0.15, -0.1) is 0 Å². The highest BCUT2D eigenvalue weighted by atomic mass is 16.3. The average molecular weight is 384 g/mol. The van der Waals surface area contributed by atoms with Gasteiger partial charge in [0.1, 0.15) is 12.0 Å². The van der Waals surface area contributed by atoms with Gasteiger partial charge in [-0.25, -0.2) is 4.98 Å². The number of phenolic OH excluding ortho intramolecular Hbond substituents is 1. The van der Waals surface area contributed by atoms with E-state index in [2.05, 4.69) is 10.3 Å². The van der Waals surface area contributed by atoms with Gasteiger partial charge in [-0.2, -0.15) is 0 Å². The molecular weight excluding hydrogens is 364 g/mol. The van der Waals surface area contributed by atoms with E-state index in [1.54, 1.807) is 24.3 Å². The highest BCUT2D eigenvalue weighted by molar-refractivity contribution is 5.93. The molecule has 0 fully saturated rings. The largest absolute Gasteiger partial charge is 0.507 e. The minimum Gasteiger partial charge on any atom is -0.507 e. The molecule has 0 aliphatic carbocycles. The second-order valence-electron chi connectivity index (χ2n) is 6.87. The molecule has 0 saturated carbocycles. The van der Waals surface area contributed by atoms with Crippen molar-refractivity contribution < 1.29 is 14.3 Å². The maximum Gasteiger partial charge on any atom is 0.274 e. The molecule has 2 N–H and O–H groups in total. The van der Waals surface area contributed by atoms with Crippen molar-refractivity contribution in [3.05, 3.63) is 108 Å². The summed E-state index contributed by atoms with van der Waals surface area (Å²) < 4.78 is 5.45. The molecular formula is C24H20N2O3. The first-order valence-corrected chi connectivity index (χ1v) is 9.25. The minimum absolute atomic E-state index is 0.0414. The zero-order chi connectivity index (χ0) is 20.3. The maximum absolute atomic E-state index is 13.0. The maximum atomic E-state index is 13.0. The van der Waals surface area contributed by atoms with Crippen molar-refractivity contribution in [3.63, 3.8) is 0 Å². The molecule has 0 bridgehead atoms. The first kappa shape index (κ1) is 18.5. The molecule has 1 aromatic heterocycles. The SMILES string of the molecule is CC(NC(=O)c1coc(-c2ccccc2O)n1)(c1ccccc1)c1ccccc1. The fourth-order valence-electron chi connectivity index (χ4n) is 3.30. The van der Waals surface area contributed by atoms with Gasteiger partial charge in [-0.3, -0.25) is 4.79 Å². The van der Waals surface area contributed by atoms with Crippen LogP contribution in [0.4, 0.5) is 0 Å². The summed E-state index contributed by atoms with van der Waals surface area (Å²) in [5, 5.41) is 13.1. The number of nitrogens with one attached hydrogen (secondary N) is 1. The van der Waals surface area contributed by atoms with Crippen LogP contribution in [0.2, 0.25) is 0 Å². The Bertz CT molecular complexity index is 1080. The first-order chi connectivity index (χ1) is 14.1. The summed E-state index contributed by atoms with van der Waals surface area (Å²) in [4.78, 5) is 17.3. The second-order valence-corrected chi connectivity index (χ2v) is 6.87. The fourth-order valence-corrected chi connectivity index (χ4v) is 3.30. The Balaban J connectivity index is 1.67. The van der Waals surface area contributed by atoms with Crippen LogP contribution in [-0.2, 0) is 5.54 Å². The van der Waals surface area contributed by atoms with Crippen LogP contribution in [0, 0.1) is 0 Å². The second kappa shape index (κ2) is 7.64. The van der Waals surface area contributed by atoms with Crippen molar-refractivity contribution in [2.75, 3.05) is 0 Å². The van der Waals surface area contributed by atoms with E-state index in [0.717, 1.165) is 11.1 Å². The summed E-state index contributed by atoms with van der Waals surface area (Å²) >= 11 is 0. The molecule has 144 valence electrons. The third-order valence-corrected chi connectivity index (χ3v) is 4.94. The lowest BCUT2D eigenvalue weighted by atomic mass is 9.84. The number of amides is 1. The summed E-state index contributed by atoms with van der Waals surface area (Å²) in [6.07, 6.45) is 1.30. The predicted octanol–water partition coefficient (Wildman–Crippen LogP) is 4.74. The monoisotopic (exact) mass is 384 g/mol. The van der Waals surface area contributed by atoms with Gasteiger partial charge in [0.15, 0.2) is 5.69 Å². The van der Waals surface area contributed by atoms with E-state index in [-0.39, 0.29) is 23.2 Å². The Kier molecular flexibility index (Phi) is 4.87. The van der Waals surface area contributed by atoms with Crippen LogP contribution in [0.5, 0.6) is 5.75 Å². The van der Waals surface area contributed by atoms with Gasteiger partial charge in [0.05, 0.1) is 11.1 Å². The Morgan fingerprint density at radius 1 is 0.897 bits per heavy atom. The molecule has 0 spiro atoms. The molecule has 5 heteroatoms. The number of carbonyl (C=O) groups is 1.